The molecule has 2 atom stereocenters. The quantitative estimate of drug-likeness (QED) is 0.826. The lowest BCUT2D eigenvalue weighted by atomic mass is 9.74. The molecule has 2 saturated heterocycles. The highest BCUT2D eigenvalue weighted by Crippen LogP contribution is 2.43. The minimum absolute atomic E-state index is 0.0580. The maximum Gasteiger partial charge on any atom is 0.311 e. The van der Waals surface area contributed by atoms with E-state index in [-0.39, 0.29) is 43.5 Å². The van der Waals surface area contributed by atoms with E-state index >= 15 is 0 Å². The number of carboxylic acid groups (broad SMARTS) is 1. The topological polar surface area (TPSA) is 95.9 Å². The Morgan fingerprint density at radius 1 is 1.35 bits per heavy atom. The maximum absolute atomic E-state index is 14.5. The van der Waals surface area contributed by atoms with E-state index < -0.39 is 23.1 Å². The lowest BCUT2D eigenvalue weighted by Crippen LogP contribution is -2.45. The number of aliphatic carboxylic acids is 1. The summed E-state index contributed by atoms with van der Waals surface area (Å²) in [6.45, 7) is 0.924. The van der Waals surface area contributed by atoms with Crippen LogP contribution in [0.4, 0.5) is 10.1 Å². The molecule has 0 radical (unpaired) electrons. The zero-order valence-electron chi connectivity index (χ0n) is 14.1. The molecule has 2 fully saturated rings. The molecule has 0 aromatic heterocycles. The van der Waals surface area contributed by atoms with Crippen molar-refractivity contribution in [3.63, 3.8) is 0 Å². The maximum atomic E-state index is 14.5. The first-order chi connectivity index (χ1) is 12.4. The highest BCUT2D eigenvalue weighted by atomic mass is 19.1. The number of aryl methyl sites for hydroxylation is 1. The van der Waals surface area contributed by atoms with Crippen molar-refractivity contribution in [3.05, 3.63) is 29.1 Å². The molecule has 4 rings (SSSR count). The summed E-state index contributed by atoms with van der Waals surface area (Å²) in [5.41, 5.74) is -0.00455. The van der Waals surface area contributed by atoms with Gasteiger partial charge in [0.05, 0.1) is 17.6 Å². The Hall–Kier alpha value is -2.48. The summed E-state index contributed by atoms with van der Waals surface area (Å²) in [5.74, 6) is -2.64. The molecule has 0 aliphatic carbocycles. The zero-order valence-corrected chi connectivity index (χ0v) is 14.1. The van der Waals surface area contributed by atoms with Gasteiger partial charge in [0.25, 0.3) is 5.91 Å². The van der Waals surface area contributed by atoms with Crippen LogP contribution in [0, 0.1) is 17.2 Å². The fraction of sp³-hybridized carbons (Fsp3) is 0.500. The van der Waals surface area contributed by atoms with Gasteiger partial charge in [-0.25, -0.2) is 4.39 Å². The Balaban J connectivity index is 1.63. The van der Waals surface area contributed by atoms with Gasteiger partial charge >= 0.3 is 5.97 Å². The number of nitrogens with zero attached hydrogens (tertiary/aromatic N) is 1. The summed E-state index contributed by atoms with van der Waals surface area (Å²) in [6.07, 6.45) is 1.07. The third-order valence-electron chi connectivity index (χ3n) is 5.74. The number of carboxylic acids is 1. The van der Waals surface area contributed by atoms with Crippen molar-refractivity contribution in [1.29, 1.82) is 0 Å². The van der Waals surface area contributed by atoms with Crippen LogP contribution in [-0.2, 0) is 20.7 Å². The summed E-state index contributed by atoms with van der Waals surface area (Å²) in [6, 6.07) is 2.64. The zero-order chi connectivity index (χ0) is 18.5. The lowest BCUT2D eigenvalue weighted by molar-refractivity contribution is -0.157. The Kier molecular flexibility index (Phi) is 3.95. The van der Waals surface area contributed by atoms with Crippen LogP contribution in [0.2, 0.25) is 0 Å². The molecule has 26 heavy (non-hydrogen) atoms. The Labute approximate surface area is 149 Å². The summed E-state index contributed by atoms with van der Waals surface area (Å²) < 4.78 is 19.9. The van der Waals surface area contributed by atoms with E-state index in [0.717, 1.165) is 0 Å². The van der Waals surface area contributed by atoms with Gasteiger partial charge in [0.2, 0.25) is 5.91 Å². The molecule has 0 saturated carbocycles. The molecule has 8 heteroatoms. The first kappa shape index (κ1) is 17.0. The fourth-order valence-corrected chi connectivity index (χ4v) is 4.19. The highest BCUT2D eigenvalue weighted by Gasteiger charge is 2.55. The van der Waals surface area contributed by atoms with E-state index in [1.54, 1.807) is 0 Å². The van der Waals surface area contributed by atoms with E-state index in [9.17, 15) is 23.9 Å². The molecule has 3 aliphatic rings. The van der Waals surface area contributed by atoms with Crippen LogP contribution in [0.25, 0.3) is 0 Å². The number of hydrogen-bond donors (Lipinski definition) is 2. The molecule has 3 heterocycles. The molecule has 2 amide bonds. The number of hydrogen-bond acceptors (Lipinski definition) is 4. The van der Waals surface area contributed by atoms with Crippen LogP contribution in [0.15, 0.2) is 12.1 Å². The normalized spacial score (nSPS) is 27.5. The Bertz CT molecular complexity index is 811. The average molecular weight is 362 g/mol. The van der Waals surface area contributed by atoms with Crippen LogP contribution in [-0.4, -0.2) is 54.1 Å². The van der Waals surface area contributed by atoms with Crippen LogP contribution < -0.4 is 5.32 Å². The van der Waals surface area contributed by atoms with Gasteiger partial charge in [-0.1, -0.05) is 0 Å². The van der Waals surface area contributed by atoms with E-state index in [1.807, 2.05) is 0 Å². The number of rotatable bonds is 2. The molecule has 2 N–H and O–H groups in total. The predicted molar refractivity (Wildman–Crippen MR) is 88.2 cm³/mol. The van der Waals surface area contributed by atoms with Crippen molar-refractivity contribution < 1.29 is 28.6 Å². The number of halogens is 1. The molecule has 0 bridgehead atoms. The van der Waals surface area contributed by atoms with Crippen molar-refractivity contribution in [3.8, 4) is 0 Å². The molecule has 7 nitrogen and oxygen atoms in total. The second-order valence-corrected chi connectivity index (χ2v) is 7.21. The number of likely N-dealkylation sites (tertiary alicyclic amines) is 1. The number of ether oxygens (including phenoxy) is 1. The van der Waals surface area contributed by atoms with Crippen molar-refractivity contribution in [1.82, 2.24) is 4.90 Å². The monoisotopic (exact) mass is 362 g/mol. The molecule has 0 unspecified atom stereocenters. The highest BCUT2D eigenvalue weighted by molar-refractivity contribution is 5.98. The Morgan fingerprint density at radius 3 is 2.88 bits per heavy atom. The minimum atomic E-state index is -1.02. The van der Waals surface area contributed by atoms with E-state index in [4.69, 9.17) is 4.74 Å². The lowest BCUT2D eigenvalue weighted by Gasteiger charge is -2.33. The number of amides is 2. The minimum Gasteiger partial charge on any atom is -0.481 e. The van der Waals surface area contributed by atoms with Crippen LogP contribution in [0.1, 0.15) is 28.8 Å². The van der Waals surface area contributed by atoms with Gasteiger partial charge in [0.1, 0.15) is 5.82 Å². The predicted octanol–water partition coefficient (Wildman–Crippen LogP) is 1.27. The van der Waals surface area contributed by atoms with Gasteiger partial charge in [-0.2, -0.15) is 0 Å². The fourth-order valence-electron chi connectivity index (χ4n) is 4.19. The standard InChI is InChI=1S/C18H19FN2O5/c19-13-6-14-10(1-2-15(22)20-14)5-12(13)16(23)21-7-11-8-26-4-3-18(11,9-21)17(24)25/h5-6,11H,1-4,7-9H2,(H,20,22)(H,24,25)/t11-,18+/m0/s1. The molecule has 138 valence electrons. The van der Waals surface area contributed by atoms with Gasteiger partial charge in [-0.15, -0.1) is 0 Å². The first-order valence-corrected chi connectivity index (χ1v) is 8.63. The molecular weight excluding hydrogens is 343 g/mol. The SMILES string of the molecule is O=C1CCc2cc(C(=O)N3C[C@H]4COCC[C@@]4(C(=O)O)C3)c(F)cc2N1. The Morgan fingerprint density at radius 2 is 2.15 bits per heavy atom. The van der Waals surface area contributed by atoms with Crippen molar-refractivity contribution in [2.75, 3.05) is 31.6 Å². The molecular formula is C18H19FN2O5. The van der Waals surface area contributed by atoms with Gasteiger partial charge < -0.3 is 20.1 Å². The summed E-state index contributed by atoms with van der Waals surface area (Å²) in [7, 11) is 0. The molecule has 3 aliphatic heterocycles. The number of carbonyl (C=O) groups excluding carboxylic acids is 2. The largest absolute Gasteiger partial charge is 0.481 e. The first-order valence-electron chi connectivity index (χ1n) is 8.63. The van der Waals surface area contributed by atoms with Crippen LogP contribution in [0.5, 0.6) is 0 Å². The number of anilines is 1. The summed E-state index contributed by atoms with van der Waals surface area (Å²) >= 11 is 0. The van der Waals surface area contributed by atoms with Gasteiger partial charge in [-0.3, -0.25) is 14.4 Å². The van der Waals surface area contributed by atoms with E-state index in [0.29, 0.717) is 30.7 Å². The number of carbonyl (C=O) groups is 3. The van der Waals surface area contributed by atoms with E-state index in [2.05, 4.69) is 5.32 Å². The number of fused-ring (bicyclic) bond motifs is 2. The van der Waals surface area contributed by atoms with Gasteiger partial charge in [-0.05, 0) is 30.5 Å². The third-order valence-corrected chi connectivity index (χ3v) is 5.74. The van der Waals surface area contributed by atoms with Crippen LogP contribution in [0.3, 0.4) is 0 Å². The number of nitrogens with one attached hydrogen (secondary N) is 1. The van der Waals surface area contributed by atoms with Crippen molar-refractivity contribution >= 4 is 23.5 Å². The van der Waals surface area contributed by atoms with Crippen LogP contribution >= 0.6 is 0 Å². The second-order valence-electron chi connectivity index (χ2n) is 7.21. The van der Waals surface area contributed by atoms with E-state index in [1.165, 1.54) is 17.0 Å². The second kappa shape index (κ2) is 6.05. The number of benzene rings is 1. The summed E-state index contributed by atoms with van der Waals surface area (Å²) in [4.78, 5) is 37.6. The van der Waals surface area contributed by atoms with Gasteiger partial charge in [0, 0.05) is 37.7 Å². The third kappa shape index (κ3) is 2.56. The smallest absolute Gasteiger partial charge is 0.311 e. The molecule has 1 aromatic carbocycles. The average Bonchev–Trinajstić information content (AvgIpc) is 3.01. The van der Waals surface area contributed by atoms with Crippen molar-refractivity contribution in [2.24, 2.45) is 11.3 Å². The van der Waals surface area contributed by atoms with Crippen molar-refractivity contribution in [2.45, 2.75) is 19.3 Å². The molecule has 0 spiro atoms. The summed E-state index contributed by atoms with van der Waals surface area (Å²) in [5, 5.41) is 12.3. The molecule has 1 aromatic rings. The van der Waals surface area contributed by atoms with Gasteiger partial charge in [0.15, 0.2) is 0 Å².